The molecular weight excluding hydrogens is 619 g/mol. The molecule has 3 unspecified atom stereocenters. The number of likely N-dealkylation sites (N-methyl/N-ethyl adjacent to an activating group) is 2. The van der Waals surface area contributed by atoms with Crippen molar-refractivity contribution in [2.45, 2.75) is 43.8 Å². The Bertz CT molecular complexity index is 1700. The highest BCUT2D eigenvalue weighted by atomic mass is 19.1. The molecule has 3 atom stereocenters. The molecule has 0 aromatic heterocycles. The molecule has 0 aliphatic carbocycles. The Morgan fingerprint density at radius 3 is 2.58 bits per heavy atom. The van der Waals surface area contributed by atoms with Crippen molar-refractivity contribution in [3.8, 4) is 5.75 Å². The van der Waals surface area contributed by atoms with Crippen LogP contribution < -0.4 is 21.1 Å². The Morgan fingerprint density at radius 2 is 1.79 bits per heavy atom. The van der Waals surface area contributed by atoms with Gasteiger partial charge in [-0.05, 0) is 47.4 Å². The van der Waals surface area contributed by atoms with E-state index >= 15 is 0 Å². The van der Waals surface area contributed by atoms with E-state index in [2.05, 4.69) is 10.6 Å². The van der Waals surface area contributed by atoms with E-state index in [0.717, 1.165) is 33.4 Å². The van der Waals surface area contributed by atoms with Crippen LogP contribution in [0.5, 0.6) is 5.75 Å². The van der Waals surface area contributed by atoms with Crippen molar-refractivity contribution in [3.63, 3.8) is 0 Å². The fourth-order valence-corrected chi connectivity index (χ4v) is 6.34. The van der Waals surface area contributed by atoms with Crippen LogP contribution in [0.3, 0.4) is 0 Å². The monoisotopic (exact) mass is 660 g/mol. The van der Waals surface area contributed by atoms with Gasteiger partial charge in [0.1, 0.15) is 24.2 Å². The topological polar surface area (TPSA) is 154 Å². The molecule has 2 heterocycles. The van der Waals surface area contributed by atoms with Crippen LogP contribution in [0.1, 0.15) is 35.2 Å². The molecule has 0 bridgehead atoms. The number of nitrogens with one attached hydrogen (secondary N) is 2. The van der Waals surface area contributed by atoms with Crippen LogP contribution in [0.25, 0.3) is 10.8 Å². The maximum Gasteiger partial charge on any atom is 0.258 e. The molecule has 3 aromatic carbocycles. The average Bonchev–Trinajstić information content (AvgIpc) is 3.48. The summed E-state index contributed by atoms with van der Waals surface area (Å²) in [6, 6.07) is 15.2. The molecule has 12 nitrogen and oxygen atoms in total. The van der Waals surface area contributed by atoms with E-state index in [1.165, 1.54) is 25.1 Å². The molecule has 3 aromatic rings. The molecule has 5 amide bonds. The largest absolute Gasteiger partial charge is 0.491 e. The first-order valence-corrected chi connectivity index (χ1v) is 16.0. The fourth-order valence-electron chi connectivity index (χ4n) is 6.34. The Hall–Kier alpha value is -5.04. The van der Waals surface area contributed by atoms with Gasteiger partial charge in [0.2, 0.25) is 23.6 Å². The van der Waals surface area contributed by atoms with Crippen molar-refractivity contribution in [2.75, 3.05) is 46.9 Å². The SMILES string of the molecule is CN1CC(=O)N2CC(NC(=O)Cc3cccc4ccccc34)CC2COc2ccc(F)cc2C(=O)N(C)C(C(=O)NCCN)CCC1=O. The lowest BCUT2D eigenvalue weighted by molar-refractivity contribution is -0.140. The maximum atomic E-state index is 14.5. The lowest BCUT2D eigenvalue weighted by Gasteiger charge is -2.28. The van der Waals surface area contributed by atoms with Gasteiger partial charge in [-0.1, -0.05) is 42.5 Å². The van der Waals surface area contributed by atoms with Crippen molar-refractivity contribution in [1.82, 2.24) is 25.3 Å². The van der Waals surface area contributed by atoms with E-state index in [1.807, 2.05) is 42.5 Å². The van der Waals surface area contributed by atoms with Crippen LogP contribution in [0.15, 0.2) is 60.7 Å². The van der Waals surface area contributed by atoms with Gasteiger partial charge in [0, 0.05) is 46.2 Å². The number of nitrogens with zero attached hydrogens (tertiary/aromatic N) is 3. The fraction of sp³-hybridized carbons (Fsp3) is 0.400. The molecule has 1 fully saturated rings. The van der Waals surface area contributed by atoms with Crippen LogP contribution in [-0.4, -0.2) is 109 Å². The average molecular weight is 661 g/mol. The minimum Gasteiger partial charge on any atom is -0.491 e. The van der Waals surface area contributed by atoms with Crippen molar-refractivity contribution >= 4 is 40.3 Å². The number of benzene rings is 3. The number of carbonyl (C=O) groups excluding carboxylic acids is 5. The summed E-state index contributed by atoms with van der Waals surface area (Å²) in [5.74, 6) is -2.72. The van der Waals surface area contributed by atoms with E-state index in [-0.39, 0.29) is 75.2 Å². The third-order valence-corrected chi connectivity index (χ3v) is 8.90. The minimum absolute atomic E-state index is 0.0430. The second-order valence-corrected chi connectivity index (χ2v) is 12.3. The molecule has 4 N–H and O–H groups in total. The Kier molecular flexibility index (Phi) is 10.9. The van der Waals surface area contributed by atoms with Crippen LogP contribution in [0.4, 0.5) is 4.39 Å². The summed E-state index contributed by atoms with van der Waals surface area (Å²) in [6.45, 7) is 0.239. The summed E-state index contributed by atoms with van der Waals surface area (Å²) in [5.41, 5.74) is 6.31. The van der Waals surface area contributed by atoms with Gasteiger partial charge in [0.15, 0.2) is 0 Å². The van der Waals surface area contributed by atoms with Crippen molar-refractivity contribution in [2.24, 2.45) is 5.73 Å². The van der Waals surface area contributed by atoms with Gasteiger partial charge in [-0.15, -0.1) is 0 Å². The molecular formula is C35H41FN6O6. The number of nitrogens with two attached hydrogens (primary N) is 1. The van der Waals surface area contributed by atoms with Crippen LogP contribution >= 0.6 is 0 Å². The van der Waals surface area contributed by atoms with E-state index in [4.69, 9.17) is 10.5 Å². The number of ether oxygens (including phenoxy) is 1. The van der Waals surface area contributed by atoms with E-state index < -0.39 is 41.7 Å². The van der Waals surface area contributed by atoms with Crippen molar-refractivity contribution < 1.29 is 33.1 Å². The summed E-state index contributed by atoms with van der Waals surface area (Å²) >= 11 is 0. The van der Waals surface area contributed by atoms with E-state index in [9.17, 15) is 28.4 Å². The highest BCUT2D eigenvalue weighted by Gasteiger charge is 2.38. The highest BCUT2D eigenvalue weighted by Crippen LogP contribution is 2.27. The van der Waals surface area contributed by atoms with Crippen LogP contribution in [0, 0.1) is 5.82 Å². The van der Waals surface area contributed by atoms with Gasteiger partial charge in [0.25, 0.3) is 5.91 Å². The molecule has 13 heteroatoms. The number of hydrogen-bond acceptors (Lipinski definition) is 7. The molecule has 0 saturated carbocycles. The summed E-state index contributed by atoms with van der Waals surface area (Å²) in [4.78, 5) is 70.8. The van der Waals surface area contributed by atoms with Gasteiger partial charge in [-0.2, -0.15) is 0 Å². The van der Waals surface area contributed by atoms with Gasteiger partial charge in [-0.25, -0.2) is 4.39 Å². The van der Waals surface area contributed by atoms with E-state index in [0.29, 0.717) is 6.42 Å². The lowest BCUT2D eigenvalue weighted by atomic mass is 10.0. The number of carbonyl (C=O) groups is 5. The second kappa shape index (κ2) is 15.2. The quantitative estimate of drug-likeness (QED) is 0.362. The number of rotatable bonds is 6. The second-order valence-electron chi connectivity index (χ2n) is 12.3. The van der Waals surface area contributed by atoms with Crippen LogP contribution in [-0.2, 0) is 25.6 Å². The zero-order valence-electron chi connectivity index (χ0n) is 27.1. The number of fused-ring (bicyclic) bond motifs is 3. The van der Waals surface area contributed by atoms with Crippen LogP contribution in [0.2, 0.25) is 0 Å². The molecule has 0 spiro atoms. The third-order valence-electron chi connectivity index (χ3n) is 8.90. The first kappa shape index (κ1) is 34.3. The summed E-state index contributed by atoms with van der Waals surface area (Å²) < 4.78 is 20.6. The van der Waals surface area contributed by atoms with Gasteiger partial charge in [-0.3, -0.25) is 24.0 Å². The predicted octanol–water partition coefficient (Wildman–Crippen LogP) is 1.45. The summed E-state index contributed by atoms with van der Waals surface area (Å²) in [6.07, 6.45) is 0.339. The lowest BCUT2D eigenvalue weighted by Crippen LogP contribution is -2.49. The first-order chi connectivity index (χ1) is 23.0. The first-order valence-electron chi connectivity index (χ1n) is 16.0. The summed E-state index contributed by atoms with van der Waals surface area (Å²) in [5, 5.41) is 7.73. The van der Waals surface area contributed by atoms with Gasteiger partial charge >= 0.3 is 0 Å². The van der Waals surface area contributed by atoms with Gasteiger partial charge < -0.3 is 35.8 Å². The summed E-state index contributed by atoms with van der Waals surface area (Å²) in [7, 11) is 2.91. The molecule has 1 saturated heterocycles. The minimum atomic E-state index is -1.07. The van der Waals surface area contributed by atoms with E-state index in [1.54, 1.807) is 4.90 Å². The Balaban J connectivity index is 1.38. The number of hydrogen-bond donors (Lipinski definition) is 3. The van der Waals surface area contributed by atoms with Crippen molar-refractivity contribution in [3.05, 3.63) is 77.6 Å². The maximum absolute atomic E-state index is 14.5. The third kappa shape index (κ3) is 7.91. The van der Waals surface area contributed by atoms with Crippen molar-refractivity contribution in [1.29, 1.82) is 0 Å². The Labute approximate surface area is 278 Å². The normalized spacial score (nSPS) is 20.8. The molecule has 0 radical (unpaired) electrons. The predicted molar refractivity (Wildman–Crippen MR) is 176 cm³/mol. The zero-order chi connectivity index (χ0) is 34.4. The smallest absolute Gasteiger partial charge is 0.258 e. The molecule has 254 valence electrons. The number of halogens is 1. The Morgan fingerprint density at radius 1 is 1.02 bits per heavy atom. The number of amides is 5. The van der Waals surface area contributed by atoms with Gasteiger partial charge in [0.05, 0.1) is 24.6 Å². The standard InChI is InChI=1S/C35H41FN6O6/c1-40-20-33(45)42-19-25(39-31(43)16-23-8-5-7-22-6-3-4-9-27(22)23)18-26(42)21-48-30-12-10-24(36)17-28(30)35(47)41(2)29(11-13-32(40)44)34(46)38-15-14-37/h3-10,12,17,25-26,29H,11,13-16,18-21,37H2,1-2H3,(H,38,46)(H,39,43). The zero-order valence-corrected chi connectivity index (χ0v) is 27.1. The highest BCUT2D eigenvalue weighted by molar-refractivity contribution is 6.00. The molecule has 2 aliphatic rings. The molecule has 2 aliphatic heterocycles. The molecule has 5 rings (SSSR count). The molecule has 48 heavy (non-hydrogen) atoms.